The predicted molar refractivity (Wildman–Crippen MR) is 101 cm³/mol. The van der Waals surface area contributed by atoms with E-state index in [2.05, 4.69) is 81.5 Å². The minimum Gasteiger partial charge on any atom is -0.0873 e. The van der Waals surface area contributed by atoms with Gasteiger partial charge in [0, 0.05) is 0 Å². The summed E-state index contributed by atoms with van der Waals surface area (Å²) in [4.78, 5) is 0. The van der Waals surface area contributed by atoms with Crippen molar-refractivity contribution in [3.05, 3.63) is 83.0 Å². The number of aryl methyl sites for hydroxylation is 3. The number of fused-ring (bicyclic) bond motifs is 2. The van der Waals surface area contributed by atoms with E-state index < -0.39 is 0 Å². The number of benzene rings is 2. The molecule has 2 aromatic rings. The summed E-state index contributed by atoms with van der Waals surface area (Å²) in [5.74, 6) is 1.20. The zero-order chi connectivity index (χ0) is 16.0. The maximum atomic E-state index is 2.43. The Labute approximate surface area is 140 Å². The van der Waals surface area contributed by atoms with E-state index in [1.54, 1.807) is 0 Å². The van der Waals surface area contributed by atoms with Gasteiger partial charge in [-0.1, -0.05) is 93.9 Å². The molecule has 0 fully saturated rings. The van der Waals surface area contributed by atoms with Crippen molar-refractivity contribution >= 4 is 17.6 Å². The largest absolute Gasteiger partial charge is 0.217 e. The van der Waals surface area contributed by atoms with Crippen LogP contribution in [0.2, 0.25) is 5.82 Å². The summed E-state index contributed by atoms with van der Waals surface area (Å²) in [7, 11) is 0. The van der Waals surface area contributed by atoms with E-state index in [-0.39, 0.29) is 0 Å². The van der Waals surface area contributed by atoms with Gasteiger partial charge in [-0.2, -0.15) is 0 Å². The molecule has 0 bridgehead atoms. The van der Waals surface area contributed by atoms with Crippen LogP contribution in [-0.4, -0.2) is 6.71 Å². The molecular formula is C22H23B. The topological polar surface area (TPSA) is 0 Å². The molecule has 2 unspecified atom stereocenters. The molecule has 0 saturated carbocycles. The minimum absolute atomic E-state index is 0.478. The summed E-state index contributed by atoms with van der Waals surface area (Å²) in [6.45, 7) is 7.24. The average Bonchev–Trinajstić information content (AvgIpc) is 2.53. The molecule has 114 valence electrons. The van der Waals surface area contributed by atoms with Crippen LogP contribution in [0.4, 0.5) is 0 Å². The number of rotatable bonds is 1. The molecule has 23 heavy (non-hydrogen) atoms. The molecule has 1 heterocycles. The molecule has 2 aliphatic rings. The van der Waals surface area contributed by atoms with Crippen LogP contribution in [0.3, 0.4) is 0 Å². The van der Waals surface area contributed by atoms with Crippen molar-refractivity contribution in [1.82, 2.24) is 0 Å². The lowest BCUT2D eigenvalue weighted by atomic mass is 9.27. The Morgan fingerprint density at radius 2 is 1.61 bits per heavy atom. The smallest absolute Gasteiger partial charge is 0.0873 e. The Kier molecular flexibility index (Phi) is 3.52. The normalized spacial score (nSPS) is 22.0. The molecule has 0 amide bonds. The Bertz CT molecular complexity index is 789. The molecule has 0 saturated heterocycles. The maximum absolute atomic E-state index is 2.43. The fourth-order valence-corrected chi connectivity index (χ4v) is 4.75. The molecule has 0 aromatic heterocycles. The molecule has 0 nitrogen and oxygen atoms in total. The van der Waals surface area contributed by atoms with Crippen LogP contribution < -0.4 is 10.9 Å². The highest BCUT2D eigenvalue weighted by Gasteiger charge is 2.39. The second-order valence-corrected chi connectivity index (χ2v) is 7.20. The van der Waals surface area contributed by atoms with Gasteiger partial charge in [0.05, 0.1) is 0 Å². The van der Waals surface area contributed by atoms with Crippen LogP contribution in [0, 0.1) is 26.7 Å². The van der Waals surface area contributed by atoms with Crippen molar-refractivity contribution in [2.24, 2.45) is 5.92 Å². The van der Waals surface area contributed by atoms with Crippen LogP contribution in [0.25, 0.3) is 0 Å². The Hall–Kier alpha value is -2.02. The first kappa shape index (κ1) is 14.6. The third kappa shape index (κ3) is 2.39. The van der Waals surface area contributed by atoms with E-state index in [1.807, 2.05) is 0 Å². The van der Waals surface area contributed by atoms with E-state index in [4.69, 9.17) is 0 Å². The molecule has 0 N–H and O–H groups in total. The SMILES string of the molecule is Cc1cc(C)c(B2c3ccccc3CC3C=CC=CC23)c(C)c1. The van der Waals surface area contributed by atoms with Crippen molar-refractivity contribution in [3.8, 4) is 0 Å². The van der Waals surface area contributed by atoms with Gasteiger partial charge in [0.25, 0.3) is 0 Å². The van der Waals surface area contributed by atoms with Crippen LogP contribution >= 0.6 is 0 Å². The molecule has 0 spiro atoms. The van der Waals surface area contributed by atoms with Gasteiger partial charge in [0.2, 0.25) is 6.71 Å². The van der Waals surface area contributed by atoms with Crippen molar-refractivity contribution in [1.29, 1.82) is 0 Å². The third-order valence-corrected chi connectivity index (χ3v) is 5.58. The quantitative estimate of drug-likeness (QED) is 0.701. The number of allylic oxidation sites excluding steroid dienone is 4. The summed E-state index contributed by atoms with van der Waals surface area (Å²) in [5.41, 5.74) is 8.83. The highest BCUT2D eigenvalue weighted by molar-refractivity contribution is 6.88. The summed E-state index contributed by atoms with van der Waals surface area (Å²) in [6, 6.07) is 13.7. The molecule has 4 rings (SSSR count). The van der Waals surface area contributed by atoms with E-state index in [0.29, 0.717) is 18.4 Å². The fraction of sp³-hybridized carbons (Fsp3) is 0.273. The highest BCUT2D eigenvalue weighted by Crippen LogP contribution is 2.35. The molecule has 0 radical (unpaired) electrons. The van der Waals surface area contributed by atoms with Gasteiger partial charge in [0.15, 0.2) is 0 Å². The molecule has 2 atom stereocenters. The van der Waals surface area contributed by atoms with Crippen LogP contribution in [0.1, 0.15) is 22.3 Å². The first-order valence-electron chi connectivity index (χ1n) is 8.65. The number of hydrogen-bond donors (Lipinski definition) is 0. The minimum atomic E-state index is 0.478. The predicted octanol–water partition coefficient (Wildman–Crippen LogP) is 3.89. The Morgan fingerprint density at radius 1 is 0.913 bits per heavy atom. The van der Waals surface area contributed by atoms with Crippen LogP contribution in [-0.2, 0) is 6.42 Å². The van der Waals surface area contributed by atoms with Gasteiger partial charge in [-0.05, 0) is 38.9 Å². The van der Waals surface area contributed by atoms with E-state index >= 15 is 0 Å². The Morgan fingerprint density at radius 3 is 2.39 bits per heavy atom. The van der Waals surface area contributed by atoms with Gasteiger partial charge >= 0.3 is 0 Å². The van der Waals surface area contributed by atoms with Gasteiger partial charge < -0.3 is 0 Å². The molecule has 1 heteroatoms. The summed E-state index contributed by atoms with van der Waals surface area (Å²) < 4.78 is 0. The first-order chi connectivity index (χ1) is 11.1. The lowest BCUT2D eigenvalue weighted by Gasteiger charge is -2.38. The molecular weight excluding hydrogens is 275 g/mol. The zero-order valence-electron chi connectivity index (χ0n) is 14.2. The average molecular weight is 298 g/mol. The van der Waals surface area contributed by atoms with Crippen LogP contribution in [0.15, 0.2) is 60.7 Å². The summed E-state index contributed by atoms with van der Waals surface area (Å²) >= 11 is 0. The highest BCUT2D eigenvalue weighted by atomic mass is 14.3. The lowest BCUT2D eigenvalue weighted by Crippen LogP contribution is -2.54. The summed E-state index contributed by atoms with van der Waals surface area (Å²) in [5, 5.41) is 0. The van der Waals surface area contributed by atoms with E-state index in [9.17, 15) is 0 Å². The standard InChI is InChI=1S/C22H23B/c1-15-12-16(2)22(17(3)13-15)23-20-10-6-4-8-18(20)14-19-9-5-7-11-21(19)23/h4-13,18,20H,14H2,1-3H3. The van der Waals surface area contributed by atoms with Crippen molar-refractivity contribution in [2.45, 2.75) is 33.0 Å². The Balaban J connectivity index is 1.95. The molecule has 1 aliphatic heterocycles. The fourth-order valence-electron chi connectivity index (χ4n) is 4.75. The monoisotopic (exact) mass is 298 g/mol. The second kappa shape index (κ2) is 5.56. The van der Waals surface area contributed by atoms with Gasteiger partial charge in [-0.25, -0.2) is 0 Å². The van der Waals surface area contributed by atoms with Crippen molar-refractivity contribution in [3.63, 3.8) is 0 Å². The van der Waals surface area contributed by atoms with Gasteiger partial charge in [0.1, 0.15) is 0 Å². The van der Waals surface area contributed by atoms with Gasteiger partial charge in [-0.15, -0.1) is 0 Å². The van der Waals surface area contributed by atoms with Crippen LogP contribution in [0.5, 0.6) is 0 Å². The second-order valence-electron chi connectivity index (χ2n) is 7.20. The molecule has 2 aromatic carbocycles. The zero-order valence-corrected chi connectivity index (χ0v) is 14.2. The first-order valence-corrected chi connectivity index (χ1v) is 8.65. The third-order valence-electron chi connectivity index (χ3n) is 5.58. The van der Waals surface area contributed by atoms with E-state index in [0.717, 1.165) is 0 Å². The van der Waals surface area contributed by atoms with E-state index in [1.165, 1.54) is 39.6 Å². The van der Waals surface area contributed by atoms with Gasteiger partial charge in [-0.3, -0.25) is 0 Å². The lowest BCUT2D eigenvalue weighted by molar-refractivity contribution is 0.637. The molecule has 1 aliphatic carbocycles. The van der Waals surface area contributed by atoms with Crippen molar-refractivity contribution < 1.29 is 0 Å². The maximum Gasteiger partial charge on any atom is 0.217 e. The van der Waals surface area contributed by atoms with Crippen molar-refractivity contribution in [2.75, 3.05) is 0 Å². The summed E-state index contributed by atoms with van der Waals surface area (Å²) in [6.07, 6.45) is 10.5. The number of hydrogen-bond acceptors (Lipinski definition) is 0.